The van der Waals surface area contributed by atoms with Crippen molar-refractivity contribution in [1.29, 1.82) is 0 Å². The molecule has 0 saturated carbocycles. The quantitative estimate of drug-likeness (QED) is 0.553. The molecule has 0 bridgehead atoms. The van der Waals surface area contributed by atoms with Gasteiger partial charge in [0, 0.05) is 12.8 Å². The number of methoxy groups -OCH3 is 1. The molecular weight excluding hydrogens is 316 g/mol. The van der Waals surface area contributed by atoms with Crippen LogP contribution < -0.4 is 15.7 Å². The number of allylic oxidation sites excluding steroid dienone is 1. The van der Waals surface area contributed by atoms with Crippen LogP contribution in [0.3, 0.4) is 0 Å². The van der Waals surface area contributed by atoms with Crippen molar-refractivity contribution in [3.05, 3.63) is 46.7 Å². The molecule has 8 nitrogen and oxygen atoms in total. The number of aromatic carboxylic acids is 1. The molecule has 24 heavy (non-hydrogen) atoms. The summed E-state index contributed by atoms with van der Waals surface area (Å²) in [7, 11) is 1.49. The maximum absolute atomic E-state index is 12.3. The fourth-order valence-electron chi connectivity index (χ4n) is 2.32. The molecule has 0 aromatic heterocycles. The maximum Gasteiger partial charge on any atom is 0.338 e. The first-order valence-electron chi connectivity index (χ1n) is 7.19. The van der Waals surface area contributed by atoms with Crippen LogP contribution in [0.5, 0.6) is 0 Å². The van der Waals surface area contributed by atoms with Crippen LogP contribution in [0.1, 0.15) is 28.9 Å². The SMILES string of the molecule is COCCOC(=O)C1=C(C)NC(=O)N[C@H]1c1ccc(C(=O)[O-])cc1. The van der Waals surface area contributed by atoms with Gasteiger partial charge < -0.3 is 30.0 Å². The largest absolute Gasteiger partial charge is 0.545 e. The topological polar surface area (TPSA) is 117 Å². The van der Waals surface area contributed by atoms with Crippen LogP contribution >= 0.6 is 0 Å². The molecule has 1 aliphatic rings. The van der Waals surface area contributed by atoms with E-state index in [0.717, 1.165) is 0 Å². The van der Waals surface area contributed by atoms with E-state index in [1.807, 2.05) is 0 Å². The first-order chi connectivity index (χ1) is 11.4. The number of hydrogen-bond acceptors (Lipinski definition) is 6. The lowest BCUT2D eigenvalue weighted by Gasteiger charge is -2.28. The number of benzene rings is 1. The number of carbonyl (C=O) groups is 3. The Balaban J connectivity index is 2.30. The Kier molecular flexibility index (Phi) is 5.54. The van der Waals surface area contributed by atoms with Crippen LogP contribution in [0.4, 0.5) is 4.79 Å². The van der Waals surface area contributed by atoms with Crippen molar-refractivity contribution in [2.75, 3.05) is 20.3 Å². The monoisotopic (exact) mass is 333 g/mol. The molecular formula is C16H17N2O6-. The van der Waals surface area contributed by atoms with E-state index in [0.29, 0.717) is 11.3 Å². The first-order valence-corrected chi connectivity index (χ1v) is 7.19. The minimum atomic E-state index is -1.30. The Morgan fingerprint density at radius 1 is 1.21 bits per heavy atom. The third kappa shape index (κ3) is 3.90. The van der Waals surface area contributed by atoms with E-state index in [4.69, 9.17) is 9.47 Å². The third-order valence-corrected chi connectivity index (χ3v) is 3.49. The molecule has 0 radical (unpaired) electrons. The van der Waals surface area contributed by atoms with E-state index in [1.165, 1.54) is 31.4 Å². The molecule has 1 atom stereocenters. The van der Waals surface area contributed by atoms with Crippen LogP contribution in [0.25, 0.3) is 0 Å². The van der Waals surface area contributed by atoms with Gasteiger partial charge in [-0.05, 0) is 18.1 Å². The molecule has 2 N–H and O–H groups in total. The van der Waals surface area contributed by atoms with Crippen molar-refractivity contribution in [1.82, 2.24) is 10.6 Å². The average Bonchev–Trinajstić information content (AvgIpc) is 2.54. The molecule has 2 amide bonds. The molecule has 0 saturated heterocycles. The zero-order valence-electron chi connectivity index (χ0n) is 13.3. The molecule has 1 heterocycles. The minimum Gasteiger partial charge on any atom is -0.545 e. The van der Waals surface area contributed by atoms with Gasteiger partial charge in [-0.2, -0.15) is 0 Å². The number of hydrogen-bond donors (Lipinski definition) is 2. The lowest BCUT2D eigenvalue weighted by atomic mass is 9.95. The zero-order valence-corrected chi connectivity index (χ0v) is 13.3. The van der Waals surface area contributed by atoms with Crippen LogP contribution in [0, 0.1) is 0 Å². The van der Waals surface area contributed by atoms with Gasteiger partial charge in [0.25, 0.3) is 0 Å². The van der Waals surface area contributed by atoms with Gasteiger partial charge in [-0.15, -0.1) is 0 Å². The lowest BCUT2D eigenvalue weighted by molar-refractivity contribution is -0.255. The molecule has 128 valence electrons. The van der Waals surface area contributed by atoms with Crippen molar-refractivity contribution in [3.8, 4) is 0 Å². The van der Waals surface area contributed by atoms with Gasteiger partial charge in [0.05, 0.1) is 24.2 Å². The number of urea groups is 1. The Morgan fingerprint density at radius 2 is 1.88 bits per heavy atom. The fraction of sp³-hybridized carbons (Fsp3) is 0.312. The number of nitrogens with one attached hydrogen (secondary N) is 2. The van der Waals surface area contributed by atoms with Crippen molar-refractivity contribution >= 4 is 18.0 Å². The second-order valence-corrected chi connectivity index (χ2v) is 5.11. The summed E-state index contributed by atoms with van der Waals surface area (Å²) >= 11 is 0. The normalized spacial score (nSPS) is 17.1. The minimum absolute atomic E-state index is 0.00364. The highest BCUT2D eigenvalue weighted by Crippen LogP contribution is 2.27. The molecule has 0 aliphatic carbocycles. The maximum atomic E-state index is 12.3. The zero-order chi connectivity index (χ0) is 17.7. The first kappa shape index (κ1) is 17.5. The van der Waals surface area contributed by atoms with E-state index in [-0.39, 0.29) is 24.4 Å². The molecule has 1 aromatic rings. The molecule has 0 unspecified atom stereocenters. The van der Waals surface area contributed by atoms with Gasteiger partial charge in [-0.3, -0.25) is 0 Å². The Bertz CT molecular complexity index is 680. The highest BCUT2D eigenvalue weighted by molar-refractivity contribution is 5.95. The molecule has 8 heteroatoms. The second-order valence-electron chi connectivity index (χ2n) is 5.11. The van der Waals surface area contributed by atoms with Crippen LogP contribution in [-0.2, 0) is 14.3 Å². The number of carboxylic acids is 1. The van der Waals surface area contributed by atoms with Crippen LogP contribution in [-0.4, -0.2) is 38.3 Å². The van der Waals surface area contributed by atoms with Gasteiger partial charge in [-0.1, -0.05) is 24.3 Å². The summed E-state index contributed by atoms with van der Waals surface area (Å²) in [5, 5.41) is 16.0. The van der Waals surface area contributed by atoms with Crippen molar-refractivity contribution in [2.45, 2.75) is 13.0 Å². The van der Waals surface area contributed by atoms with E-state index in [2.05, 4.69) is 10.6 Å². The Morgan fingerprint density at radius 3 is 2.46 bits per heavy atom. The summed E-state index contributed by atoms with van der Waals surface area (Å²) < 4.78 is 9.95. The molecule has 2 rings (SSSR count). The van der Waals surface area contributed by atoms with Crippen molar-refractivity contribution in [2.24, 2.45) is 0 Å². The van der Waals surface area contributed by atoms with Gasteiger partial charge in [0.2, 0.25) is 0 Å². The number of carboxylic acid groups (broad SMARTS) is 1. The smallest absolute Gasteiger partial charge is 0.338 e. The molecule has 0 fully saturated rings. The number of carbonyl (C=O) groups excluding carboxylic acids is 3. The van der Waals surface area contributed by atoms with Gasteiger partial charge >= 0.3 is 12.0 Å². The highest BCUT2D eigenvalue weighted by Gasteiger charge is 2.32. The van der Waals surface area contributed by atoms with Crippen LogP contribution in [0.15, 0.2) is 35.5 Å². The second kappa shape index (κ2) is 7.60. The van der Waals surface area contributed by atoms with E-state index in [1.54, 1.807) is 6.92 Å². The van der Waals surface area contributed by atoms with E-state index >= 15 is 0 Å². The molecule has 1 aliphatic heterocycles. The standard InChI is InChI=1S/C16H18N2O6/c1-9-12(15(21)24-8-7-23-2)13(18-16(22)17-9)10-3-5-11(6-4-10)14(19)20/h3-6,13H,7-8H2,1-2H3,(H,19,20)(H2,17,18,22)/p-1/t13-/m0/s1. The fourth-order valence-corrected chi connectivity index (χ4v) is 2.32. The number of rotatable bonds is 6. The van der Waals surface area contributed by atoms with E-state index in [9.17, 15) is 19.5 Å². The van der Waals surface area contributed by atoms with Gasteiger partial charge in [0.15, 0.2) is 0 Å². The van der Waals surface area contributed by atoms with E-state index < -0.39 is 24.0 Å². The molecule has 1 aromatic carbocycles. The highest BCUT2D eigenvalue weighted by atomic mass is 16.6. The summed E-state index contributed by atoms with van der Waals surface area (Å²) in [5.41, 5.74) is 1.17. The average molecular weight is 333 g/mol. The summed E-state index contributed by atoms with van der Waals surface area (Å²) in [4.78, 5) is 34.9. The van der Waals surface area contributed by atoms with Crippen molar-refractivity contribution in [3.63, 3.8) is 0 Å². The summed E-state index contributed by atoms with van der Waals surface area (Å²) in [6.07, 6.45) is 0. The predicted molar refractivity (Wildman–Crippen MR) is 80.7 cm³/mol. The van der Waals surface area contributed by atoms with Gasteiger partial charge in [0.1, 0.15) is 6.61 Å². The van der Waals surface area contributed by atoms with Crippen LogP contribution in [0.2, 0.25) is 0 Å². The number of amides is 2. The summed E-state index contributed by atoms with van der Waals surface area (Å²) in [6.45, 7) is 1.92. The molecule has 0 spiro atoms. The Hall–Kier alpha value is -2.87. The Labute approximate surface area is 138 Å². The van der Waals surface area contributed by atoms with Gasteiger partial charge in [-0.25, -0.2) is 9.59 Å². The lowest BCUT2D eigenvalue weighted by Crippen LogP contribution is -2.45. The third-order valence-electron chi connectivity index (χ3n) is 3.49. The number of ether oxygens (including phenoxy) is 2. The summed E-state index contributed by atoms with van der Waals surface area (Å²) in [6, 6.07) is 4.51. The van der Waals surface area contributed by atoms with Crippen molar-refractivity contribution < 1.29 is 29.0 Å². The summed E-state index contributed by atoms with van der Waals surface area (Å²) in [5.74, 6) is -1.90. The number of esters is 1. The predicted octanol–water partition coefficient (Wildman–Crippen LogP) is -0.132.